The van der Waals surface area contributed by atoms with Gasteiger partial charge in [0.05, 0.1) is 0 Å². The average Bonchev–Trinajstić information content (AvgIpc) is 2.56. The topological polar surface area (TPSA) is 0 Å². The third kappa shape index (κ3) is 1.91. The molecule has 6 fully saturated rings. The van der Waals surface area contributed by atoms with E-state index in [4.69, 9.17) is 0 Å². The van der Waals surface area contributed by atoms with Crippen molar-refractivity contribution in [2.75, 3.05) is 0 Å². The number of hydrogen-bond donors (Lipinski definition) is 0. The molecule has 0 nitrogen and oxygen atoms in total. The number of fused-ring (bicyclic) bond motifs is 2. The summed E-state index contributed by atoms with van der Waals surface area (Å²) in [7, 11) is 0. The molecule has 0 radical (unpaired) electrons. The van der Waals surface area contributed by atoms with Gasteiger partial charge in [0, 0.05) is 0 Å². The van der Waals surface area contributed by atoms with Crippen LogP contribution in [0.2, 0.25) is 0 Å². The Labute approximate surface area is 158 Å². The molecule has 146 valence electrons. The third-order valence-electron chi connectivity index (χ3n) is 9.46. The van der Waals surface area contributed by atoms with Gasteiger partial charge < -0.3 is 0 Å². The van der Waals surface area contributed by atoms with Gasteiger partial charge in [-0.25, -0.2) is 0 Å². The lowest BCUT2D eigenvalue weighted by atomic mass is 8.97. The second-order valence-electron chi connectivity index (χ2n) is 10.4. The van der Waals surface area contributed by atoms with Crippen LogP contribution in [0.15, 0.2) is 0 Å². The van der Waals surface area contributed by atoms with E-state index in [9.17, 15) is 0 Å². The largest absolute Gasteiger partial charge is 0.0683 e. The van der Waals surface area contributed by atoms with Crippen LogP contribution in [0.3, 0.4) is 0 Å². The maximum absolute atomic E-state index is 2.56. The van der Waals surface area contributed by atoms with Crippen LogP contribution >= 0.6 is 0 Å². The molecule has 6 rings (SSSR count). The molecular formula is C25H46. The van der Waals surface area contributed by atoms with E-state index < -0.39 is 0 Å². The summed E-state index contributed by atoms with van der Waals surface area (Å²) in [5.74, 6) is 10.5. The number of hydrogen-bond acceptors (Lipinski definition) is 0. The highest BCUT2D eigenvalue weighted by atomic mass is 15.1. The van der Waals surface area contributed by atoms with Gasteiger partial charge in [0.2, 0.25) is 0 Å². The summed E-state index contributed by atoms with van der Waals surface area (Å²) in [6.45, 7) is 19.7. The molecule has 0 aromatic carbocycles. The van der Waals surface area contributed by atoms with Gasteiger partial charge in [0.1, 0.15) is 0 Å². The van der Waals surface area contributed by atoms with Crippen LogP contribution < -0.4 is 0 Å². The van der Waals surface area contributed by atoms with E-state index in [2.05, 4.69) is 34.6 Å². The highest BCUT2D eigenvalue weighted by Crippen LogP contribution is 3.07. The molecule has 6 aliphatic carbocycles. The third-order valence-corrected chi connectivity index (χ3v) is 9.46. The Kier molecular flexibility index (Phi) is 5.18. The molecule has 2 spiro atoms. The maximum Gasteiger partial charge on any atom is -0.0137 e. The minimum absolute atomic E-state index is 0.886. The summed E-state index contributed by atoms with van der Waals surface area (Å²) in [6.07, 6.45) is 7.75. The molecule has 25 heavy (non-hydrogen) atoms. The lowest BCUT2D eigenvalue weighted by Gasteiger charge is -3.07. The highest BCUT2D eigenvalue weighted by Gasteiger charge is 3.03. The van der Waals surface area contributed by atoms with Crippen LogP contribution in [0.5, 0.6) is 0 Å². The predicted molar refractivity (Wildman–Crippen MR) is 110 cm³/mol. The Bertz CT molecular complexity index is 462. The van der Waals surface area contributed by atoms with Crippen molar-refractivity contribution in [1.82, 2.24) is 0 Å². The van der Waals surface area contributed by atoms with E-state index in [0.29, 0.717) is 0 Å². The molecule has 0 aromatic rings. The summed E-state index contributed by atoms with van der Waals surface area (Å²) < 4.78 is 0. The van der Waals surface area contributed by atoms with Crippen LogP contribution in [-0.2, 0) is 0 Å². The van der Waals surface area contributed by atoms with Gasteiger partial charge >= 0.3 is 0 Å². The zero-order valence-corrected chi connectivity index (χ0v) is 18.7. The van der Waals surface area contributed by atoms with Gasteiger partial charge in [-0.2, -0.15) is 0 Å². The minimum atomic E-state index is 0.886. The zero-order valence-electron chi connectivity index (χ0n) is 18.7. The van der Waals surface area contributed by atoms with Crippen molar-refractivity contribution in [3.05, 3.63) is 0 Å². The van der Waals surface area contributed by atoms with E-state index in [0.717, 1.165) is 28.6 Å². The Balaban J connectivity index is 0.000000135. The molecule has 0 aromatic heterocycles. The van der Waals surface area contributed by atoms with Crippen molar-refractivity contribution >= 4 is 0 Å². The monoisotopic (exact) mass is 346 g/mol. The second-order valence-corrected chi connectivity index (χ2v) is 10.4. The molecular weight excluding hydrogens is 300 g/mol. The van der Waals surface area contributed by atoms with Crippen LogP contribution in [0.4, 0.5) is 0 Å². The van der Waals surface area contributed by atoms with Crippen molar-refractivity contribution in [2.24, 2.45) is 64.1 Å². The maximum atomic E-state index is 2.56. The average molecular weight is 347 g/mol. The van der Waals surface area contributed by atoms with Crippen LogP contribution in [-0.4, -0.2) is 0 Å². The van der Waals surface area contributed by atoms with Crippen molar-refractivity contribution in [3.8, 4) is 0 Å². The first-order valence-corrected chi connectivity index (χ1v) is 12.0. The van der Waals surface area contributed by atoms with Crippen molar-refractivity contribution < 1.29 is 0 Å². The molecule has 9 unspecified atom stereocenters. The molecule has 0 saturated heterocycles. The Morgan fingerprint density at radius 1 is 0.680 bits per heavy atom. The first-order valence-electron chi connectivity index (χ1n) is 12.0. The molecule has 0 N–H and O–H groups in total. The molecule has 0 heteroatoms. The lowest BCUT2D eigenvalue weighted by Crippen LogP contribution is -3.03. The van der Waals surface area contributed by atoms with Gasteiger partial charge in [0.25, 0.3) is 0 Å². The standard InChI is InChI=1S/C13H16.C8H18.2C2H6/c1-5-7-4-9-8-2-6-3-10-11(5)13(7,9)12(6,8)10;1-7(2)5-6-8(3)4;2*1-2/h5-11H,2-4H2,1H3;7-8H,5-6H2,1-4H3;2*1-2H3. The fourth-order valence-electron chi connectivity index (χ4n) is 9.08. The Morgan fingerprint density at radius 3 is 1.64 bits per heavy atom. The first-order chi connectivity index (χ1) is 12.0. The van der Waals surface area contributed by atoms with E-state index in [1.54, 1.807) is 19.3 Å². The molecule has 0 bridgehead atoms. The van der Waals surface area contributed by atoms with Gasteiger partial charge in [-0.1, -0.05) is 75.2 Å². The molecule has 0 heterocycles. The van der Waals surface area contributed by atoms with Gasteiger partial charge in [-0.15, -0.1) is 0 Å². The van der Waals surface area contributed by atoms with E-state index >= 15 is 0 Å². The summed E-state index contributed by atoms with van der Waals surface area (Å²) in [5, 5.41) is 0. The first kappa shape index (κ1) is 19.8. The zero-order chi connectivity index (χ0) is 18.7. The van der Waals surface area contributed by atoms with Crippen molar-refractivity contribution in [3.63, 3.8) is 0 Å². The predicted octanol–water partition coefficient (Wildman–Crippen LogP) is 7.68. The van der Waals surface area contributed by atoms with E-state index in [-0.39, 0.29) is 0 Å². The van der Waals surface area contributed by atoms with Gasteiger partial charge in [-0.05, 0) is 83.4 Å². The summed E-state index contributed by atoms with van der Waals surface area (Å²) in [6, 6.07) is 0. The smallest absolute Gasteiger partial charge is 0.0137 e. The summed E-state index contributed by atoms with van der Waals surface area (Å²) in [4.78, 5) is 0. The van der Waals surface area contributed by atoms with Crippen LogP contribution in [0, 0.1) is 64.1 Å². The van der Waals surface area contributed by atoms with Crippen molar-refractivity contribution in [1.29, 1.82) is 0 Å². The normalized spacial score (nSPS) is 52.7. The Hall–Kier alpha value is 0. The lowest BCUT2D eigenvalue weighted by molar-refractivity contribution is -0.603. The Morgan fingerprint density at radius 2 is 1.16 bits per heavy atom. The number of rotatable bonds is 3. The summed E-state index contributed by atoms with van der Waals surface area (Å²) in [5.41, 5.74) is 2.10. The van der Waals surface area contributed by atoms with E-state index in [1.807, 2.05) is 27.7 Å². The summed E-state index contributed by atoms with van der Waals surface area (Å²) >= 11 is 0. The SMILES string of the molecule is CC.CC.CC(C)CCC(C)C.CC1C2CC3C4CC5CC6C1C23C546. The fraction of sp³-hybridized carbons (Fsp3) is 1.00. The van der Waals surface area contributed by atoms with Crippen LogP contribution in [0.1, 0.15) is 94.4 Å². The highest BCUT2D eigenvalue weighted by molar-refractivity contribution is 5.49. The quantitative estimate of drug-likeness (QED) is 0.491. The van der Waals surface area contributed by atoms with E-state index in [1.165, 1.54) is 48.3 Å². The van der Waals surface area contributed by atoms with Crippen molar-refractivity contribution in [2.45, 2.75) is 94.4 Å². The molecule has 9 atom stereocenters. The second kappa shape index (κ2) is 6.56. The van der Waals surface area contributed by atoms with Gasteiger partial charge in [0.15, 0.2) is 0 Å². The minimum Gasteiger partial charge on any atom is -0.0683 e. The fourth-order valence-corrected chi connectivity index (χ4v) is 9.08. The molecule has 0 amide bonds. The molecule has 6 saturated carbocycles. The molecule has 0 aliphatic heterocycles. The van der Waals surface area contributed by atoms with Crippen LogP contribution in [0.25, 0.3) is 0 Å². The molecule has 6 aliphatic rings. The van der Waals surface area contributed by atoms with Gasteiger partial charge in [-0.3, -0.25) is 0 Å².